The molecule has 0 aliphatic carbocycles. The molecule has 1 aromatic heterocycles. The molecule has 0 atom stereocenters. The maximum Gasteiger partial charge on any atom is 0.417 e. The van der Waals surface area contributed by atoms with E-state index in [4.69, 9.17) is 16.3 Å². The second-order valence-corrected chi connectivity index (χ2v) is 6.06. The number of aromatic nitrogens is 1. The van der Waals surface area contributed by atoms with Crippen molar-refractivity contribution in [3.63, 3.8) is 0 Å². The normalized spacial score (nSPS) is 11.1. The number of ether oxygens (including phenoxy) is 1. The van der Waals surface area contributed by atoms with E-state index in [1.807, 2.05) is 0 Å². The fraction of sp³-hybridized carbons (Fsp3) is 0.235. The molecule has 0 aliphatic rings. The van der Waals surface area contributed by atoms with E-state index in [0.29, 0.717) is 22.5 Å². The molecule has 0 radical (unpaired) electrons. The highest BCUT2D eigenvalue weighted by Crippen LogP contribution is 2.30. The van der Waals surface area contributed by atoms with Gasteiger partial charge in [-0.25, -0.2) is 0 Å². The largest absolute Gasteiger partial charge is 0.495 e. The Morgan fingerprint density at radius 3 is 2.46 bits per heavy atom. The van der Waals surface area contributed by atoms with Gasteiger partial charge in [-0.3, -0.25) is 14.4 Å². The number of pyridine rings is 1. The van der Waals surface area contributed by atoms with Gasteiger partial charge in [-0.2, -0.15) is 13.2 Å². The first kappa shape index (κ1) is 21.3. The van der Waals surface area contributed by atoms with Crippen LogP contribution in [0.4, 0.5) is 24.5 Å². The van der Waals surface area contributed by atoms with Crippen molar-refractivity contribution in [2.45, 2.75) is 19.6 Å². The Bertz CT molecular complexity index is 973. The number of benzene rings is 1. The van der Waals surface area contributed by atoms with Gasteiger partial charge in [0.2, 0.25) is 11.8 Å². The van der Waals surface area contributed by atoms with Crippen molar-refractivity contribution in [2.24, 2.45) is 0 Å². The third kappa shape index (κ3) is 5.26. The molecule has 7 nitrogen and oxygen atoms in total. The van der Waals surface area contributed by atoms with Crippen LogP contribution >= 0.6 is 11.6 Å². The van der Waals surface area contributed by atoms with Crippen molar-refractivity contribution in [3.8, 4) is 5.75 Å². The van der Waals surface area contributed by atoms with Gasteiger partial charge in [0.1, 0.15) is 17.3 Å². The molecule has 2 aromatic rings. The maximum atomic E-state index is 12.9. The topological polar surface area (TPSA) is 89.4 Å². The number of hydrogen-bond acceptors (Lipinski definition) is 4. The number of methoxy groups -OCH3 is 1. The Hall–Kier alpha value is -3.01. The van der Waals surface area contributed by atoms with Crippen LogP contribution in [0.3, 0.4) is 0 Å². The van der Waals surface area contributed by atoms with E-state index in [-0.39, 0.29) is 17.3 Å². The summed E-state index contributed by atoms with van der Waals surface area (Å²) < 4.78 is 44.3. The first-order chi connectivity index (χ1) is 13.0. The molecule has 2 rings (SSSR count). The molecule has 2 amide bonds. The van der Waals surface area contributed by atoms with Crippen LogP contribution < -0.4 is 20.9 Å². The summed E-state index contributed by atoms with van der Waals surface area (Å²) in [5.41, 5.74) is -1.58. The standard InChI is InChI=1S/C17H15ClF3N3O4/c1-9(25)22-11-3-4-14(28-2)13(6-11)23-15(26)8-24-7-10(17(19,20)21)5-12(18)16(24)27/h3-7H,8H2,1-2H3,(H,22,25)(H,23,26). The molecular formula is C17H15ClF3N3O4. The Labute approximate surface area is 162 Å². The lowest BCUT2D eigenvalue weighted by Crippen LogP contribution is -2.29. The number of carbonyl (C=O) groups excluding carboxylic acids is 2. The molecule has 1 heterocycles. The molecule has 0 bridgehead atoms. The molecule has 11 heteroatoms. The summed E-state index contributed by atoms with van der Waals surface area (Å²) in [6.07, 6.45) is -4.22. The van der Waals surface area contributed by atoms with E-state index in [1.54, 1.807) is 0 Å². The van der Waals surface area contributed by atoms with Crippen LogP contribution in [0.1, 0.15) is 12.5 Å². The molecule has 0 saturated carbocycles. The summed E-state index contributed by atoms with van der Waals surface area (Å²) in [4.78, 5) is 35.4. The molecule has 0 aliphatic heterocycles. The SMILES string of the molecule is COc1ccc(NC(C)=O)cc1NC(=O)Cn1cc(C(F)(F)F)cc(Cl)c1=O. The fourth-order valence-electron chi connectivity index (χ4n) is 2.30. The molecule has 0 fully saturated rings. The average molecular weight is 418 g/mol. The molecular weight excluding hydrogens is 403 g/mol. The molecule has 1 aromatic carbocycles. The van der Waals surface area contributed by atoms with Crippen LogP contribution in [0.5, 0.6) is 5.75 Å². The Morgan fingerprint density at radius 1 is 1.21 bits per heavy atom. The quantitative estimate of drug-likeness (QED) is 0.782. The second-order valence-electron chi connectivity index (χ2n) is 5.65. The van der Waals surface area contributed by atoms with Gasteiger partial charge in [-0.1, -0.05) is 11.6 Å². The van der Waals surface area contributed by atoms with Crippen molar-refractivity contribution in [1.82, 2.24) is 4.57 Å². The lowest BCUT2D eigenvalue weighted by molar-refractivity contribution is -0.138. The minimum absolute atomic E-state index is 0.157. The van der Waals surface area contributed by atoms with Gasteiger partial charge in [0.25, 0.3) is 5.56 Å². The van der Waals surface area contributed by atoms with Crippen LogP contribution in [-0.4, -0.2) is 23.5 Å². The summed E-state index contributed by atoms with van der Waals surface area (Å²) in [6, 6.07) is 4.92. The minimum atomic E-state index is -4.73. The van der Waals surface area contributed by atoms with Gasteiger partial charge in [0.05, 0.1) is 18.4 Å². The predicted molar refractivity (Wildman–Crippen MR) is 96.6 cm³/mol. The van der Waals surface area contributed by atoms with Gasteiger partial charge in [-0.05, 0) is 24.3 Å². The first-order valence-electron chi connectivity index (χ1n) is 7.74. The lowest BCUT2D eigenvalue weighted by atomic mass is 10.2. The zero-order valence-corrected chi connectivity index (χ0v) is 15.4. The Morgan fingerprint density at radius 2 is 1.89 bits per heavy atom. The maximum absolute atomic E-state index is 12.9. The molecule has 28 heavy (non-hydrogen) atoms. The van der Waals surface area contributed by atoms with E-state index >= 15 is 0 Å². The highest BCUT2D eigenvalue weighted by molar-refractivity contribution is 6.30. The van der Waals surface area contributed by atoms with Crippen molar-refractivity contribution < 1.29 is 27.5 Å². The smallest absolute Gasteiger partial charge is 0.417 e. The number of anilines is 2. The molecule has 0 unspecified atom stereocenters. The number of hydrogen-bond donors (Lipinski definition) is 2. The van der Waals surface area contributed by atoms with E-state index in [1.165, 1.54) is 32.2 Å². The van der Waals surface area contributed by atoms with Gasteiger partial charge in [0.15, 0.2) is 0 Å². The van der Waals surface area contributed by atoms with E-state index in [9.17, 15) is 27.6 Å². The number of nitrogens with zero attached hydrogens (tertiary/aromatic N) is 1. The number of rotatable bonds is 5. The lowest BCUT2D eigenvalue weighted by Gasteiger charge is -2.14. The Kier molecular flexibility index (Phi) is 6.34. The molecule has 0 saturated heterocycles. The third-order valence-electron chi connectivity index (χ3n) is 3.48. The Balaban J connectivity index is 2.28. The second kappa shape index (κ2) is 8.34. The number of carbonyl (C=O) groups is 2. The van der Waals surface area contributed by atoms with Crippen molar-refractivity contribution in [2.75, 3.05) is 17.7 Å². The summed E-state index contributed by atoms with van der Waals surface area (Å²) >= 11 is 5.56. The number of nitrogens with one attached hydrogen (secondary N) is 2. The highest BCUT2D eigenvalue weighted by atomic mass is 35.5. The van der Waals surface area contributed by atoms with Crippen molar-refractivity contribution >= 4 is 34.8 Å². The number of amides is 2. The van der Waals surface area contributed by atoms with Crippen LogP contribution in [0.25, 0.3) is 0 Å². The zero-order valence-electron chi connectivity index (χ0n) is 14.7. The van der Waals surface area contributed by atoms with E-state index in [0.717, 1.165) is 0 Å². The molecule has 2 N–H and O–H groups in total. The van der Waals surface area contributed by atoms with Crippen molar-refractivity contribution in [1.29, 1.82) is 0 Å². The summed E-state index contributed by atoms with van der Waals surface area (Å²) in [7, 11) is 1.35. The number of alkyl halides is 3. The van der Waals surface area contributed by atoms with Gasteiger partial charge in [-0.15, -0.1) is 0 Å². The number of halogens is 4. The molecule has 150 valence electrons. The third-order valence-corrected chi connectivity index (χ3v) is 3.75. The van der Waals surface area contributed by atoms with Crippen LogP contribution in [-0.2, 0) is 22.3 Å². The fourth-order valence-corrected chi connectivity index (χ4v) is 2.53. The van der Waals surface area contributed by atoms with Crippen LogP contribution in [0.2, 0.25) is 5.02 Å². The summed E-state index contributed by atoms with van der Waals surface area (Å²) in [6.45, 7) is 0.586. The van der Waals surface area contributed by atoms with Gasteiger partial charge < -0.3 is 19.9 Å². The summed E-state index contributed by atoms with van der Waals surface area (Å²) in [5.74, 6) is -0.889. The van der Waals surface area contributed by atoms with Gasteiger partial charge >= 0.3 is 6.18 Å². The monoisotopic (exact) mass is 417 g/mol. The average Bonchev–Trinajstić information content (AvgIpc) is 2.57. The van der Waals surface area contributed by atoms with Crippen LogP contribution in [0.15, 0.2) is 35.3 Å². The summed E-state index contributed by atoms with van der Waals surface area (Å²) in [5, 5.41) is 4.29. The molecule has 0 spiro atoms. The van der Waals surface area contributed by atoms with E-state index in [2.05, 4.69) is 10.6 Å². The zero-order chi connectivity index (χ0) is 21.1. The van der Waals surface area contributed by atoms with Crippen LogP contribution in [0, 0.1) is 0 Å². The van der Waals surface area contributed by atoms with Gasteiger partial charge in [0, 0.05) is 18.8 Å². The first-order valence-corrected chi connectivity index (χ1v) is 8.11. The minimum Gasteiger partial charge on any atom is -0.495 e. The van der Waals surface area contributed by atoms with E-state index < -0.39 is 34.8 Å². The predicted octanol–water partition coefficient (Wildman–Crippen LogP) is 3.13. The highest BCUT2D eigenvalue weighted by Gasteiger charge is 2.32. The van der Waals surface area contributed by atoms with Crippen molar-refractivity contribution in [3.05, 3.63) is 51.4 Å².